The molecule has 0 aromatic heterocycles. The molecule has 5 rings (SSSR count). The molecule has 0 bridgehead atoms. The topological polar surface area (TPSA) is 139 Å². The number of rotatable bonds is 28. The maximum Gasteiger partial charge on any atom is 0.412 e. The number of aliphatic hydroxyl groups excluding tert-OH is 2. The van der Waals surface area contributed by atoms with Crippen LogP contribution in [0.2, 0.25) is 0 Å². The van der Waals surface area contributed by atoms with E-state index in [2.05, 4.69) is 37.0 Å². The number of unbranched alkanes of at least 4 members (excludes halogenated alkanes) is 11. The number of aliphatic hydroxyl groups is 2. The molecule has 11 nitrogen and oxygen atoms in total. The molecule has 59 heavy (non-hydrogen) atoms. The van der Waals surface area contributed by atoms with Crippen molar-refractivity contribution >= 4 is 17.7 Å². The summed E-state index contributed by atoms with van der Waals surface area (Å²) in [5.74, 6) is -0.437. The van der Waals surface area contributed by atoms with Gasteiger partial charge < -0.3 is 39.5 Å². The Balaban J connectivity index is 1.48. The molecule has 2 saturated carbocycles. The van der Waals surface area contributed by atoms with Crippen molar-refractivity contribution in [3.8, 4) is 11.5 Å². The summed E-state index contributed by atoms with van der Waals surface area (Å²) < 4.78 is 20.2. The lowest BCUT2D eigenvalue weighted by Crippen LogP contribution is -2.70. The Morgan fingerprint density at radius 1 is 0.949 bits per heavy atom. The maximum atomic E-state index is 14.2. The van der Waals surface area contributed by atoms with E-state index >= 15 is 0 Å². The van der Waals surface area contributed by atoms with Crippen molar-refractivity contribution in [1.82, 2.24) is 10.2 Å². The fourth-order valence-corrected chi connectivity index (χ4v) is 9.99. The van der Waals surface area contributed by atoms with E-state index in [9.17, 15) is 19.8 Å². The highest BCUT2D eigenvalue weighted by molar-refractivity contribution is 6.03. The van der Waals surface area contributed by atoms with Crippen LogP contribution < -0.4 is 14.8 Å². The first-order chi connectivity index (χ1) is 28.9. The predicted octanol–water partition coefficient (Wildman–Crippen LogP) is 9.61. The highest BCUT2D eigenvalue weighted by Crippen LogP contribution is 2.62. The van der Waals surface area contributed by atoms with Crippen molar-refractivity contribution in [2.45, 2.75) is 160 Å². The number of allylic oxidation sites excluding steroid dienone is 1. The summed E-state index contributed by atoms with van der Waals surface area (Å²) in [6, 6.07) is 5.13. The lowest BCUT2D eigenvalue weighted by atomic mass is 9.55. The summed E-state index contributed by atoms with van der Waals surface area (Å²) in [4.78, 5) is 35.0. The van der Waals surface area contributed by atoms with Gasteiger partial charge in [-0.2, -0.15) is 0 Å². The summed E-state index contributed by atoms with van der Waals surface area (Å²) in [5, 5.41) is 27.3. The summed E-state index contributed by atoms with van der Waals surface area (Å²) in [6.07, 6.45) is 23.5. The van der Waals surface area contributed by atoms with Crippen LogP contribution in [0.4, 0.5) is 4.79 Å². The van der Waals surface area contributed by atoms with Crippen molar-refractivity contribution in [3.05, 3.63) is 48.1 Å². The first kappa shape index (κ1) is 46.7. The van der Waals surface area contributed by atoms with E-state index in [1.54, 1.807) is 19.3 Å². The smallest absolute Gasteiger partial charge is 0.412 e. The van der Waals surface area contributed by atoms with E-state index in [0.717, 1.165) is 74.6 Å². The molecule has 11 heteroatoms. The Hall–Kier alpha value is -3.41. The highest BCUT2D eigenvalue weighted by atomic mass is 16.7. The third-order valence-electron chi connectivity index (χ3n) is 12.9. The molecule has 330 valence electrons. The van der Waals surface area contributed by atoms with Gasteiger partial charge in [0, 0.05) is 50.1 Å². The van der Waals surface area contributed by atoms with Gasteiger partial charge in [0.15, 0.2) is 0 Å². The summed E-state index contributed by atoms with van der Waals surface area (Å²) in [6.45, 7) is 9.91. The molecule has 1 aromatic rings. The number of hydrogen-bond acceptors (Lipinski definition) is 9. The molecule has 0 saturated heterocycles. The van der Waals surface area contributed by atoms with Crippen LogP contribution in [-0.4, -0.2) is 84.7 Å². The lowest BCUT2D eigenvalue weighted by molar-refractivity contribution is -0.257. The Labute approximate surface area is 354 Å². The molecule has 0 spiro atoms. The lowest BCUT2D eigenvalue weighted by Gasteiger charge is -2.60. The normalized spacial score (nSPS) is 25.0. The summed E-state index contributed by atoms with van der Waals surface area (Å²) in [5.41, 5.74) is 2.69. The van der Waals surface area contributed by atoms with Crippen molar-refractivity contribution in [2.24, 2.45) is 28.8 Å². The first-order valence-corrected chi connectivity index (χ1v) is 23.2. The molecule has 2 fully saturated rings. The molecule has 0 radical (unpaired) electrons. The van der Waals surface area contributed by atoms with Crippen LogP contribution in [-0.2, 0) is 14.4 Å². The van der Waals surface area contributed by atoms with Crippen LogP contribution in [0.1, 0.15) is 154 Å². The van der Waals surface area contributed by atoms with Gasteiger partial charge in [-0.25, -0.2) is 4.79 Å². The molecule has 6 atom stereocenters. The van der Waals surface area contributed by atoms with Crippen LogP contribution >= 0.6 is 0 Å². The molecular weight excluding hydrogens is 747 g/mol. The van der Waals surface area contributed by atoms with E-state index < -0.39 is 17.9 Å². The van der Waals surface area contributed by atoms with Crippen LogP contribution in [0, 0.1) is 23.7 Å². The average Bonchev–Trinajstić information content (AvgIpc) is 4.09. The molecule has 2 amide bonds. The Morgan fingerprint density at radius 3 is 2.29 bits per heavy atom. The number of oxime groups is 1. The molecule has 6 unspecified atom stereocenters. The van der Waals surface area contributed by atoms with Gasteiger partial charge in [0.25, 0.3) is 0 Å². The molecular formula is C48H75N3O8. The second-order valence-electron chi connectivity index (χ2n) is 17.3. The summed E-state index contributed by atoms with van der Waals surface area (Å²) >= 11 is 0. The van der Waals surface area contributed by atoms with Crippen LogP contribution in [0.5, 0.6) is 11.5 Å². The van der Waals surface area contributed by atoms with Gasteiger partial charge in [0.05, 0.1) is 18.2 Å². The monoisotopic (exact) mass is 822 g/mol. The van der Waals surface area contributed by atoms with Crippen molar-refractivity contribution < 1.29 is 38.9 Å². The van der Waals surface area contributed by atoms with Crippen LogP contribution in [0.3, 0.4) is 0 Å². The zero-order chi connectivity index (χ0) is 42.0. The van der Waals surface area contributed by atoms with Gasteiger partial charge >= 0.3 is 6.09 Å². The molecule has 3 N–H and O–H groups in total. The van der Waals surface area contributed by atoms with Gasteiger partial charge in [-0.15, -0.1) is 6.58 Å². The number of fused-ring (bicyclic) bond motifs is 2. The molecule has 1 aromatic carbocycles. The number of nitrogens with one attached hydrogen (secondary N) is 1. The van der Waals surface area contributed by atoms with E-state index in [0.29, 0.717) is 43.9 Å². The number of carbonyl (C=O) groups excluding carboxylic acids is 2. The minimum Gasteiger partial charge on any atom is -0.459 e. The van der Waals surface area contributed by atoms with Crippen LogP contribution in [0.25, 0.3) is 0 Å². The minimum absolute atomic E-state index is 0.00567. The maximum absolute atomic E-state index is 14.2. The third-order valence-corrected chi connectivity index (χ3v) is 12.9. The van der Waals surface area contributed by atoms with Gasteiger partial charge in [0.2, 0.25) is 11.7 Å². The van der Waals surface area contributed by atoms with Gasteiger partial charge in [0.1, 0.15) is 24.7 Å². The highest BCUT2D eigenvalue weighted by Gasteiger charge is 2.65. The molecule has 1 heterocycles. The second-order valence-corrected chi connectivity index (χ2v) is 17.3. The third kappa shape index (κ3) is 12.1. The zero-order valence-electron chi connectivity index (χ0n) is 36.5. The Kier molecular flexibility index (Phi) is 19.1. The molecule has 4 aliphatic rings. The number of nitrogens with zero attached hydrogens (tertiary/aromatic N) is 2. The Morgan fingerprint density at radius 2 is 1.64 bits per heavy atom. The van der Waals surface area contributed by atoms with E-state index in [1.165, 1.54) is 51.4 Å². The van der Waals surface area contributed by atoms with Crippen molar-refractivity contribution in [3.63, 3.8) is 0 Å². The summed E-state index contributed by atoms with van der Waals surface area (Å²) in [7, 11) is 1.56. The second kappa shape index (κ2) is 24.1. The van der Waals surface area contributed by atoms with E-state index in [1.807, 2.05) is 17.0 Å². The van der Waals surface area contributed by atoms with Gasteiger partial charge in [-0.05, 0) is 87.0 Å². The zero-order valence-corrected chi connectivity index (χ0v) is 36.5. The number of hydrogen-bond donors (Lipinski definition) is 3. The van der Waals surface area contributed by atoms with Gasteiger partial charge in [-0.1, -0.05) is 102 Å². The number of amides is 2. The molecule has 1 aliphatic heterocycles. The largest absolute Gasteiger partial charge is 0.459 e. The fourth-order valence-electron chi connectivity index (χ4n) is 9.99. The first-order valence-electron chi connectivity index (χ1n) is 23.2. The predicted molar refractivity (Wildman–Crippen MR) is 233 cm³/mol. The van der Waals surface area contributed by atoms with Gasteiger partial charge in [-0.3, -0.25) is 4.79 Å². The van der Waals surface area contributed by atoms with Crippen molar-refractivity contribution in [2.75, 3.05) is 40.0 Å². The number of ether oxygens (including phenoxy) is 3. The van der Waals surface area contributed by atoms with E-state index in [4.69, 9.17) is 19.0 Å². The Bertz CT molecular complexity index is 1540. The number of benzene rings is 1. The standard InChI is InChI=1S/C48H75N3O8/c1-5-8-9-10-11-12-13-14-15-18-27-49-47(55)58-37-25-26-42-40(33-37)44-38(22-17-20-30-53)36(21-16-19-29-52)32-39-41(50-56-4)34-43(48(59-42,45(39)44)57-31-7-3)51(28-6-2)46(54)35-23-24-35/h7,25-26,32-33,35-36,38,43-45,52-53H,3,5-6,8-24,27-31,34H2,1-2,4H3,(H,49,55). The minimum atomic E-state index is -1.27. The SMILES string of the molecule is C=CCOC12Oc3ccc(OC(=O)NCCCCCCCCCCCC)cc3C3C(CCCCO)C(CCCCO)C=C(C(=NOC)CC1N(CCC)C(=O)C1CC1)C32. The van der Waals surface area contributed by atoms with Crippen molar-refractivity contribution in [1.29, 1.82) is 0 Å². The average molecular weight is 822 g/mol. The fraction of sp³-hybridized carbons (Fsp3) is 0.729. The van der Waals surface area contributed by atoms with E-state index in [-0.39, 0.29) is 55.3 Å². The van der Waals surface area contributed by atoms with Crippen LogP contribution in [0.15, 0.2) is 47.7 Å². The quantitative estimate of drug-likeness (QED) is 0.0432. The molecule has 3 aliphatic carbocycles. The number of carbonyl (C=O) groups is 2.